The molecule has 0 fully saturated rings. The Balaban J connectivity index is 2.92. The molecule has 0 aliphatic heterocycles. The second-order valence-corrected chi connectivity index (χ2v) is 7.33. The van der Waals surface area contributed by atoms with Gasteiger partial charge in [0.2, 0.25) is 17.7 Å². The fourth-order valence-corrected chi connectivity index (χ4v) is 2.97. The van der Waals surface area contributed by atoms with E-state index in [1.54, 1.807) is 31.2 Å². The molecule has 1 aromatic rings. The highest BCUT2D eigenvalue weighted by Gasteiger charge is 2.31. The molecule has 0 aliphatic carbocycles. The number of nitrogens with one attached hydrogen (secondary N) is 3. The standard InChI is InChI=1S/C20H30N4O5S/c1-3-12(2)17(24-18(26)15(11-30)22-16(25)10-21)19(27)23-14(20(28)29)9-13-7-5-4-6-8-13/h4-8,12,14-15,17,30H,3,9-11,21H2,1-2H3,(H,22,25)(H,23,27)(H,24,26)(H,28,29). The van der Waals surface area contributed by atoms with E-state index in [4.69, 9.17) is 5.73 Å². The fourth-order valence-electron chi connectivity index (χ4n) is 2.71. The molecule has 1 aromatic carbocycles. The maximum absolute atomic E-state index is 12.9. The number of carbonyl (C=O) groups is 4. The van der Waals surface area contributed by atoms with Gasteiger partial charge in [-0.05, 0) is 11.5 Å². The molecule has 9 nitrogen and oxygen atoms in total. The number of hydrogen-bond acceptors (Lipinski definition) is 6. The normalized spacial score (nSPS) is 14.7. The van der Waals surface area contributed by atoms with E-state index in [9.17, 15) is 24.3 Å². The molecular weight excluding hydrogens is 408 g/mol. The molecule has 10 heteroatoms. The van der Waals surface area contributed by atoms with Gasteiger partial charge in [0, 0.05) is 12.2 Å². The van der Waals surface area contributed by atoms with E-state index in [1.165, 1.54) is 0 Å². The van der Waals surface area contributed by atoms with Gasteiger partial charge in [0.1, 0.15) is 18.1 Å². The van der Waals surface area contributed by atoms with Crippen LogP contribution in [0.5, 0.6) is 0 Å². The summed E-state index contributed by atoms with van der Waals surface area (Å²) in [4.78, 5) is 48.6. The van der Waals surface area contributed by atoms with Crippen molar-refractivity contribution in [1.82, 2.24) is 16.0 Å². The van der Waals surface area contributed by atoms with Crippen molar-refractivity contribution in [2.24, 2.45) is 11.7 Å². The topological polar surface area (TPSA) is 151 Å². The van der Waals surface area contributed by atoms with Crippen LogP contribution in [-0.2, 0) is 25.6 Å². The van der Waals surface area contributed by atoms with Crippen molar-refractivity contribution < 1.29 is 24.3 Å². The molecule has 4 atom stereocenters. The predicted octanol–water partition coefficient (Wildman–Crippen LogP) is -0.297. The molecule has 0 bridgehead atoms. The summed E-state index contributed by atoms with van der Waals surface area (Å²) in [6.07, 6.45) is 0.671. The molecule has 3 amide bonds. The van der Waals surface area contributed by atoms with E-state index < -0.39 is 41.8 Å². The van der Waals surface area contributed by atoms with Crippen LogP contribution in [0.1, 0.15) is 25.8 Å². The Hall–Kier alpha value is -2.59. The van der Waals surface area contributed by atoms with Crippen LogP contribution in [0.4, 0.5) is 0 Å². The predicted molar refractivity (Wildman–Crippen MR) is 116 cm³/mol. The summed E-state index contributed by atoms with van der Waals surface area (Å²) in [5.74, 6) is -3.16. The summed E-state index contributed by atoms with van der Waals surface area (Å²) in [6, 6.07) is 5.83. The van der Waals surface area contributed by atoms with Crippen molar-refractivity contribution in [3.05, 3.63) is 35.9 Å². The van der Waals surface area contributed by atoms with Crippen LogP contribution in [-0.4, -0.2) is 59.2 Å². The maximum Gasteiger partial charge on any atom is 0.326 e. The summed E-state index contributed by atoms with van der Waals surface area (Å²) >= 11 is 4.06. The first-order chi connectivity index (χ1) is 14.2. The van der Waals surface area contributed by atoms with Crippen LogP contribution < -0.4 is 21.7 Å². The Kier molecular flexibility index (Phi) is 10.9. The third kappa shape index (κ3) is 8.03. The first-order valence-electron chi connectivity index (χ1n) is 9.71. The van der Waals surface area contributed by atoms with Crippen LogP contribution in [0.15, 0.2) is 30.3 Å². The summed E-state index contributed by atoms with van der Waals surface area (Å²) < 4.78 is 0. The molecule has 6 N–H and O–H groups in total. The smallest absolute Gasteiger partial charge is 0.326 e. The largest absolute Gasteiger partial charge is 0.480 e. The Bertz CT molecular complexity index is 731. The summed E-state index contributed by atoms with van der Waals surface area (Å²) in [5.41, 5.74) is 6.01. The zero-order chi connectivity index (χ0) is 22.7. The highest BCUT2D eigenvalue weighted by molar-refractivity contribution is 7.80. The second-order valence-electron chi connectivity index (χ2n) is 6.97. The number of aliphatic carboxylic acids is 1. The molecule has 0 saturated heterocycles. The highest BCUT2D eigenvalue weighted by atomic mass is 32.1. The van der Waals surface area contributed by atoms with Gasteiger partial charge in [-0.15, -0.1) is 0 Å². The molecule has 1 rings (SSSR count). The molecule has 0 aliphatic rings. The van der Waals surface area contributed by atoms with Gasteiger partial charge in [-0.25, -0.2) is 4.79 Å². The van der Waals surface area contributed by atoms with E-state index in [1.807, 2.05) is 13.0 Å². The van der Waals surface area contributed by atoms with E-state index in [-0.39, 0.29) is 24.6 Å². The number of hydrogen-bond donors (Lipinski definition) is 6. The van der Waals surface area contributed by atoms with Crippen LogP contribution >= 0.6 is 12.6 Å². The van der Waals surface area contributed by atoms with Gasteiger partial charge in [-0.3, -0.25) is 14.4 Å². The van der Waals surface area contributed by atoms with E-state index in [0.717, 1.165) is 5.56 Å². The zero-order valence-corrected chi connectivity index (χ0v) is 18.0. The van der Waals surface area contributed by atoms with Crippen LogP contribution in [0.2, 0.25) is 0 Å². The number of amides is 3. The number of benzene rings is 1. The van der Waals surface area contributed by atoms with Crippen molar-refractivity contribution in [1.29, 1.82) is 0 Å². The first-order valence-corrected chi connectivity index (χ1v) is 10.3. The molecular formula is C20H30N4O5S. The average molecular weight is 439 g/mol. The van der Waals surface area contributed by atoms with Crippen molar-refractivity contribution in [3.8, 4) is 0 Å². The van der Waals surface area contributed by atoms with Crippen LogP contribution in [0, 0.1) is 5.92 Å². The number of carboxylic acids is 1. The van der Waals surface area contributed by atoms with Crippen molar-refractivity contribution in [2.45, 2.75) is 44.8 Å². The van der Waals surface area contributed by atoms with Crippen molar-refractivity contribution >= 4 is 36.3 Å². The van der Waals surface area contributed by atoms with Gasteiger partial charge >= 0.3 is 5.97 Å². The Morgan fingerprint density at radius 3 is 2.17 bits per heavy atom. The van der Waals surface area contributed by atoms with Crippen LogP contribution in [0.3, 0.4) is 0 Å². The summed E-state index contributed by atoms with van der Waals surface area (Å²) in [6.45, 7) is 3.33. The molecule has 0 radical (unpaired) electrons. The zero-order valence-electron chi connectivity index (χ0n) is 17.1. The summed E-state index contributed by atoms with van der Waals surface area (Å²) in [7, 11) is 0. The monoisotopic (exact) mass is 438 g/mol. The van der Waals surface area contributed by atoms with Crippen molar-refractivity contribution in [2.75, 3.05) is 12.3 Å². The van der Waals surface area contributed by atoms with Gasteiger partial charge in [0.15, 0.2) is 0 Å². The lowest BCUT2D eigenvalue weighted by atomic mass is 9.97. The fraction of sp³-hybridized carbons (Fsp3) is 0.500. The molecule has 166 valence electrons. The molecule has 30 heavy (non-hydrogen) atoms. The Labute approximate surface area is 181 Å². The minimum Gasteiger partial charge on any atom is -0.480 e. The lowest BCUT2D eigenvalue weighted by molar-refractivity contribution is -0.142. The molecule has 0 aromatic heterocycles. The minimum atomic E-state index is -1.18. The average Bonchev–Trinajstić information content (AvgIpc) is 2.74. The van der Waals surface area contributed by atoms with E-state index in [2.05, 4.69) is 28.6 Å². The quantitative estimate of drug-likeness (QED) is 0.247. The van der Waals surface area contributed by atoms with Gasteiger partial charge in [0.05, 0.1) is 6.54 Å². The Morgan fingerprint density at radius 1 is 1.03 bits per heavy atom. The molecule has 0 saturated carbocycles. The molecule has 4 unspecified atom stereocenters. The first kappa shape index (κ1) is 25.4. The second kappa shape index (κ2) is 12.9. The number of carboxylic acid groups (broad SMARTS) is 1. The Morgan fingerprint density at radius 2 is 1.67 bits per heavy atom. The van der Waals surface area contributed by atoms with E-state index in [0.29, 0.717) is 6.42 Å². The number of nitrogens with two attached hydrogens (primary N) is 1. The lowest BCUT2D eigenvalue weighted by Crippen LogP contribution is -2.58. The lowest BCUT2D eigenvalue weighted by Gasteiger charge is -2.27. The molecule has 0 heterocycles. The number of carbonyl (C=O) groups excluding carboxylic acids is 3. The summed E-state index contributed by atoms with van der Waals surface area (Å²) in [5, 5.41) is 17.1. The van der Waals surface area contributed by atoms with E-state index >= 15 is 0 Å². The molecule has 0 spiro atoms. The van der Waals surface area contributed by atoms with Gasteiger partial charge in [0.25, 0.3) is 0 Å². The third-order valence-corrected chi connectivity index (χ3v) is 5.08. The highest BCUT2D eigenvalue weighted by Crippen LogP contribution is 2.10. The number of thiol groups is 1. The van der Waals surface area contributed by atoms with Gasteiger partial charge in [-0.2, -0.15) is 12.6 Å². The van der Waals surface area contributed by atoms with Crippen molar-refractivity contribution in [3.63, 3.8) is 0 Å². The SMILES string of the molecule is CCC(C)C(NC(=O)C(CS)NC(=O)CN)C(=O)NC(Cc1ccccc1)C(=O)O. The van der Waals surface area contributed by atoms with Crippen LogP contribution in [0.25, 0.3) is 0 Å². The van der Waals surface area contributed by atoms with Gasteiger partial charge in [-0.1, -0.05) is 50.6 Å². The minimum absolute atomic E-state index is 0.0121. The van der Waals surface area contributed by atoms with Gasteiger partial charge < -0.3 is 26.8 Å². The number of rotatable bonds is 12. The third-order valence-electron chi connectivity index (χ3n) is 4.71. The maximum atomic E-state index is 12.9.